The second-order valence-electron chi connectivity index (χ2n) is 13.3. The minimum absolute atomic E-state index is 0.00832. The van der Waals surface area contributed by atoms with Crippen molar-refractivity contribution in [1.29, 1.82) is 0 Å². The molecule has 6 aliphatic heterocycles. The van der Waals surface area contributed by atoms with Crippen molar-refractivity contribution in [2.24, 2.45) is 29.6 Å². The number of likely N-dealkylation sites (tertiary alicyclic amines) is 1. The summed E-state index contributed by atoms with van der Waals surface area (Å²) in [5.74, 6) is -0.339. The molecule has 0 N–H and O–H groups in total. The molecule has 1 aliphatic carbocycles. The van der Waals surface area contributed by atoms with Crippen molar-refractivity contribution in [3.63, 3.8) is 0 Å². The van der Waals surface area contributed by atoms with E-state index in [1.54, 1.807) is 12.1 Å². The summed E-state index contributed by atoms with van der Waals surface area (Å²) >= 11 is 0. The standard InChI is InChI=1S/C30H40N2O8/c1-17-7-8-22-18(2)27(37-28-30(22)21(17)11-12-29(3,38-28)39-40-30)36-26(35)10-9-24(33)31-14-19-13-20(16-31)23-5-4-6-25(34)32(23)15-19/h4-6,17-22,27-28H,7-16H2,1-3H3/t17-,18-,19-,20+,21+,22+,27-,28-,29+,30-/m1/s1. The molecule has 0 radical (unpaired) electrons. The van der Waals surface area contributed by atoms with E-state index < -0.39 is 29.9 Å². The molecule has 10 nitrogen and oxygen atoms in total. The lowest BCUT2D eigenvalue weighted by atomic mass is 9.58. The molecular weight excluding hydrogens is 516 g/mol. The molecule has 40 heavy (non-hydrogen) atoms. The monoisotopic (exact) mass is 556 g/mol. The molecule has 218 valence electrons. The van der Waals surface area contributed by atoms with Crippen LogP contribution in [0.2, 0.25) is 0 Å². The van der Waals surface area contributed by atoms with E-state index in [0.717, 1.165) is 37.8 Å². The first-order valence-electron chi connectivity index (χ1n) is 15.0. The van der Waals surface area contributed by atoms with Crippen LogP contribution in [0.25, 0.3) is 0 Å². The number of esters is 1. The summed E-state index contributed by atoms with van der Waals surface area (Å²) < 4.78 is 20.4. The summed E-state index contributed by atoms with van der Waals surface area (Å²) in [6.07, 6.45) is 3.26. The molecular formula is C30H40N2O8. The second-order valence-corrected chi connectivity index (χ2v) is 13.3. The highest BCUT2D eigenvalue weighted by Crippen LogP contribution is 2.60. The highest BCUT2D eigenvalue weighted by atomic mass is 17.3. The van der Waals surface area contributed by atoms with Gasteiger partial charge in [-0.05, 0) is 56.4 Å². The number of rotatable bonds is 4. The number of aromatic nitrogens is 1. The number of piperidine rings is 1. The van der Waals surface area contributed by atoms with Gasteiger partial charge < -0.3 is 23.7 Å². The molecule has 7 heterocycles. The molecule has 1 aromatic rings. The third-order valence-corrected chi connectivity index (χ3v) is 10.7. The Morgan fingerprint density at radius 3 is 2.75 bits per heavy atom. The maximum absolute atomic E-state index is 13.2. The Labute approximate surface area is 234 Å². The van der Waals surface area contributed by atoms with Gasteiger partial charge in [-0.25, -0.2) is 9.78 Å². The fourth-order valence-corrected chi connectivity index (χ4v) is 8.66. The maximum atomic E-state index is 13.2. The van der Waals surface area contributed by atoms with E-state index >= 15 is 0 Å². The molecule has 6 fully saturated rings. The lowest BCUT2D eigenvalue weighted by molar-refractivity contribution is -0.576. The fraction of sp³-hybridized carbons (Fsp3) is 0.767. The Hall–Kier alpha value is -2.27. The van der Waals surface area contributed by atoms with Crippen molar-refractivity contribution < 1.29 is 33.6 Å². The lowest BCUT2D eigenvalue weighted by Gasteiger charge is -2.59. The van der Waals surface area contributed by atoms with Gasteiger partial charge in [0.25, 0.3) is 5.56 Å². The predicted octanol–water partition coefficient (Wildman–Crippen LogP) is 3.33. The summed E-state index contributed by atoms with van der Waals surface area (Å²) in [4.78, 5) is 52.3. The first-order valence-corrected chi connectivity index (χ1v) is 15.0. The number of carbonyl (C=O) groups is 2. The molecule has 4 bridgehead atoms. The summed E-state index contributed by atoms with van der Waals surface area (Å²) in [5.41, 5.74) is 0.314. The van der Waals surface area contributed by atoms with Gasteiger partial charge in [0.1, 0.15) is 0 Å². The van der Waals surface area contributed by atoms with Crippen LogP contribution in [0.15, 0.2) is 23.0 Å². The third kappa shape index (κ3) is 4.16. The van der Waals surface area contributed by atoms with Gasteiger partial charge >= 0.3 is 5.97 Å². The van der Waals surface area contributed by atoms with E-state index in [9.17, 15) is 14.4 Å². The average Bonchev–Trinajstić information content (AvgIpc) is 3.16. The largest absolute Gasteiger partial charge is 0.435 e. The van der Waals surface area contributed by atoms with Crippen LogP contribution in [0.3, 0.4) is 0 Å². The first kappa shape index (κ1) is 26.6. The molecule has 1 spiro atoms. The number of carbonyl (C=O) groups excluding carboxylic acids is 2. The van der Waals surface area contributed by atoms with E-state index in [2.05, 4.69) is 6.92 Å². The third-order valence-electron chi connectivity index (χ3n) is 10.7. The van der Waals surface area contributed by atoms with Gasteiger partial charge in [-0.2, -0.15) is 0 Å². The van der Waals surface area contributed by atoms with Crippen LogP contribution in [-0.4, -0.2) is 58.4 Å². The van der Waals surface area contributed by atoms with Crippen molar-refractivity contribution in [1.82, 2.24) is 9.47 Å². The van der Waals surface area contributed by atoms with Gasteiger partial charge in [0.2, 0.25) is 18.0 Å². The minimum Gasteiger partial charge on any atom is -0.435 e. The smallest absolute Gasteiger partial charge is 0.308 e. The minimum atomic E-state index is -0.889. The van der Waals surface area contributed by atoms with Gasteiger partial charge in [-0.1, -0.05) is 19.9 Å². The normalized spacial score (nSPS) is 43.3. The van der Waals surface area contributed by atoms with Gasteiger partial charge in [-0.15, -0.1) is 0 Å². The summed E-state index contributed by atoms with van der Waals surface area (Å²) in [6.45, 7) is 7.99. The van der Waals surface area contributed by atoms with Crippen molar-refractivity contribution >= 4 is 11.9 Å². The Morgan fingerprint density at radius 1 is 1.05 bits per heavy atom. The quantitative estimate of drug-likeness (QED) is 0.411. The second kappa shape index (κ2) is 9.64. The number of nitrogens with zero attached hydrogens (tertiary/aromatic N) is 2. The van der Waals surface area contributed by atoms with Gasteiger partial charge in [0, 0.05) is 62.0 Å². The summed E-state index contributed by atoms with van der Waals surface area (Å²) in [7, 11) is 0. The number of fused-ring (bicyclic) bond motifs is 6. The van der Waals surface area contributed by atoms with E-state index in [1.807, 2.05) is 29.4 Å². The van der Waals surface area contributed by atoms with E-state index in [-0.39, 0.29) is 53.9 Å². The SMILES string of the molecule is C[C@H]1[C@H](OC(=O)CCC(=O)N2C[C@H]3C[C@@H](C2)c2cccc(=O)n2C3)O[C@@H]2O[C@]3(C)CC[C@H]4[C@H](C)CC[C@@H]1[C@@]24OO3. The molecule has 1 amide bonds. The zero-order chi connectivity index (χ0) is 27.8. The average molecular weight is 557 g/mol. The molecule has 1 aromatic heterocycles. The molecule has 7 aliphatic rings. The molecule has 10 heteroatoms. The topological polar surface area (TPSA) is 106 Å². The van der Waals surface area contributed by atoms with Crippen LogP contribution >= 0.6 is 0 Å². The van der Waals surface area contributed by atoms with Crippen LogP contribution in [0, 0.1) is 29.6 Å². The highest BCUT2D eigenvalue weighted by Gasteiger charge is 2.69. The van der Waals surface area contributed by atoms with Gasteiger partial charge in [-0.3, -0.25) is 14.4 Å². The van der Waals surface area contributed by atoms with Gasteiger partial charge in [0.05, 0.1) is 6.42 Å². The zero-order valence-electron chi connectivity index (χ0n) is 23.6. The van der Waals surface area contributed by atoms with Crippen LogP contribution < -0.4 is 5.56 Å². The Balaban J connectivity index is 0.990. The van der Waals surface area contributed by atoms with Crippen molar-refractivity contribution in [2.75, 3.05) is 13.1 Å². The van der Waals surface area contributed by atoms with Gasteiger partial charge in [0.15, 0.2) is 11.9 Å². The lowest BCUT2D eigenvalue weighted by Crippen LogP contribution is -2.70. The molecule has 0 aromatic carbocycles. The first-order chi connectivity index (χ1) is 19.2. The Morgan fingerprint density at radius 2 is 1.90 bits per heavy atom. The highest BCUT2D eigenvalue weighted by molar-refractivity contribution is 5.81. The van der Waals surface area contributed by atoms with Crippen LogP contribution in [0.4, 0.5) is 0 Å². The number of hydrogen-bond donors (Lipinski definition) is 0. The van der Waals surface area contributed by atoms with Crippen molar-refractivity contribution in [2.45, 2.75) is 102 Å². The number of pyridine rings is 1. The van der Waals surface area contributed by atoms with E-state index in [1.165, 1.54) is 0 Å². The maximum Gasteiger partial charge on any atom is 0.308 e. The van der Waals surface area contributed by atoms with Crippen LogP contribution in [-0.2, 0) is 40.1 Å². The summed E-state index contributed by atoms with van der Waals surface area (Å²) in [5, 5.41) is 0. The molecule has 0 unspecified atom stereocenters. The van der Waals surface area contributed by atoms with E-state index in [4.69, 9.17) is 24.0 Å². The molecule has 8 rings (SSSR count). The number of hydrogen-bond acceptors (Lipinski definition) is 8. The Bertz CT molecular complexity index is 1250. The van der Waals surface area contributed by atoms with Crippen molar-refractivity contribution in [3.05, 3.63) is 34.2 Å². The van der Waals surface area contributed by atoms with Crippen LogP contribution in [0.1, 0.15) is 77.3 Å². The zero-order valence-corrected chi connectivity index (χ0v) is 23.6. The summed E-state index contributed by atoms with van der Waals surface area (Å²) in [6, 6.07) is 5.37. The van der Waals surface area contributed by atoms with Crippen molar-refractivity contribution in [3.8, 4) is 0 Å². The van der Waals surface area contributed by atoms with E-state index in [0.29, 0.717) is 25.6 Å². The Kier molecular flexibility index (Phi) is 6.42. The fourth-order valence-electron chi connectivity index (χ4n) is 8.66. The number of ether oxygens (including phenoxy) is 3. The number of amides is 1. The molecule has 1 saturated carbocycles. The van der Waals surface area contributed by atoms with Crippen LogP contribution in [0.5, 0.6) is 0 Å². The predicted molar refractivity (Wildman–Crippen MR) is 140 cm³/mol. The molecule has 5 saturated heterocycles. The molecule has 10 atom stereocenters.